The molecule has 2 fully saturated rings. The number of rotatable bonds is 5. The van der Waals surface area contributed by atoms with Gasteiger partial charge in [-0.3, -0.25) is 18.9 Å². The highest BCUT2D eigenvalue weighted by Gasteiger charge is 2.35. The molecule has 2 aliphatic heterocycles. The second-order valence-corrected chi connectivity index (χ2v) is 8.69. The largest absolute Gasteiger partial charge is 0.394 e. The van der Waals surface area contributed by atoms with Crippen LogP contribution < -0.4 is 22.7 Å². The summed E-state index contributed by atoms with van der Waals surface area (Å²) in [6.45, 7) is 1.11. The number of halogens is 1. The van der Waals surface area contributed by atoms with E-state index in [4.69, 9.17) is 31.0 Å². The number of nitrogens with one attached hydrogen (secondary N) is 1. The van der Waals surface area contributed by atoms with E-state index < -0.39 is 58.6 Å². The van der Waals surface area contributed by atoms with Crippen LogP contribution in [0, 0.1) is 12.7 Å². The lowest BCUT2D eigenvalue weighted by Crippen LogP contribution is -2.33. The van der Waals surface area contributed by atoms with E-state index in [1.807, 2.05) is 0 Å². The molecule has 2 aliphatic rings. The van der Waals surface area contributed by atoms with Gasteiger partial charge in [0.15, 0.2) is 11.6 Å². The maximum absolute atomic E-state index is 13.1. The number of aromatic amines is 1. The number of aromatic nitrogens is 4. The van der Waals surface area contributed by atoms with Crippen LogP contribution in [0.3, 0.4) is 0 Å². The molecule has 17 heteroatoms. The van der Waals surface area contributed by atoms with Gasteiger partial charge in [0, 0.05) is 28.8 Å². The molecule has 0 amide bonds. The van der Waals surface area contributed by atoms with Gasteiger partial charge >= 0.3 is 11.4 Å². The Morgan fingerprint density at radius 3 is 2.66 bits per heavy atom. The number of nitrogen functional groups attached to an aromatic ring is 1. The number of hydrogen-bond donors (Lipinski definition) is 4. The van der Waals surface area contributed by atoms with Gasteiger partial charge in [0.2, 0.25) is 0 Å². The minimum Gasteiger partial charge on any atom is -0.394 e. The summed E-state index contributed by atoms with van der Waals surface area (Å²) in [6, 6.07) is -0.542. The van der Waals surface area contributed by atoms with Gasteiger partial charge in [0.05, 0.1) is 31.6 Å². The van der Waals surface area contributed by atoms with E-state index in [1.165, 1.54) is 22.5 Å². The second-order valence-electron chi connectivity index (χ2n) is 7.50. The Labute approximate surface area is 199 Å². The molecule has 2 saturated heterocycles. The quantitative estimate of drug-likeness (QED) is 0.224. The van der Waals surface area contributed by atoms with Gasteiger partial charge < -0.3 is 25.4 Å². The summed E-state index contributed by atoms with van der Waals surface area (Å²) < 4.78 is 26.2. The monoisotopic (exact) mass is 514 g/mol. The number of aliphatic hydroxyl groups excluding tert-OH is 2. The lowest BCUT2D eigenvalue weighted by molar-refractivity contribution is -0.0271. The average Bonchev–Trinajstić information content (AvgIpc) is 3.46. The van der Waals surface area contributed by atoms with Gasteiger partial charge in [-0.2, -0.15) is 4.98 Å². The number of H-pyrrole nitrogens is 1. The van der Waals surface area contributed by atoms with E-state index in [2.05, 4.69) is 20.0 Å². The first-order chi connectivity index (χ1) is 16.7. The van der Waals surface area contributed by atoms with Crippen LogP contribution in [-0.2, 0) is 9.47 Å². The highest BCUT2D eigenvalue weighted by atomic mass is 32.2. The summed E-state index contributed by atoms with van der Waals surface area (Å²) in [6.07, 6.45) is 0.683. The minimum absolute atomic E-state index is 0.152. The van der Waals surface area contributed by atoms with Crippen LogP contribution in [-0.4, -0.2) is 65.9 Å². The molecule has 15 nitrogen and oxygen atoms in total. The lowest BCUT2D eigenvalue weighted by atomic mass is 10.1. The smallest absolute Gasteiger partial charge is 0.351 e. The first-order valence-corrected chi connectivity index (χ1v) is 11.3. The van der Waals surface area contributed by atoms with Gasteiger partial charge in [-0.05, 0) is 12.5 Å². The molecule has 0 spiro atoms. The highest BCUT2D eigenvalue weighted by Crippen LogP contribution is 2.31. The van der Waals surface area contributed by atoms with Crippen molar-refractivity contribution in [2.24, 2.45) is 5.11 Å². The third kappa shape index (κ3) is 6.08. The molecule has 5 N–H and O–H groups in total. The molecule has 4 rings (SSSR count). The Balaban J connectivity index is 0.000000198. The van der Waals surface area contributed by atoms with Crippen molar-refractivity contribution in [3.63, 3.8) is 0 Å². The Kier molecular flexibility index (Phi) is 8.66. The number of ether oxygens (including phenoxy) is 2. The summed E-state index contributed by atoms with van der Waals surface area (Å²) in [5.74, 6) is -0.734. The number of aliphatic hydroxyl groups is 2. The summed E-state index contributed by atoms with van der Waals surface area (Å²) >= 11 is 1.35. The maximum Gasteiger partial charge on any atom is 0.351 e. The summed E-state index contributed by atoms with van der Waals surface area (Å²) in [7, 11) is 0. The van der Waals surface area contributed by atoms with Crippen molar-refractivity contribution in [3.8, 4) is 0 Å². The topological polar surface area (TPSA) is 223 Å². The molecule has 0 unspecified atom stereocenters. The molecule has 2 aromatic rings. The Bertz CT molecular complexity index is 1280. The van der Waals surface area contributed by atoms with Crippen LogP contribution >= 0.6 is 11.8 Å². The normalized spacial score (nSPS) is 25.5. The zero-order valence-electron chi connectivity index (χ0n) is 18.4. The van der Waals surface area contributed by atoms with Gasteiger partial charge in [-0.15, -0.1) is 11.8 Å². The molecule has 5 atom stereocenters. The summed E-state index contributed by atoms with van der Waals surface area (Å²) in [5.41, 5.74) is 11.9. The van der Waals surface area contributed by atoms with E-state index in [-0.39, 0.29) is 19.6 Å². The summed E-state index contributed by atoms with van der Waals surface area (Å²) in [4.78, 5) is 42.6. The van der Waals surface area contributed by atoms with Crippen molar-refractivity contribution in [1.82, 2.24) is 19.1 Å². The second kappa shape index (κ2) is 11.5. The molecule has 0 radical (unpaired) electrons. The molecular weight excluding hydrogens is 491 g/mol. The van der Waals surface area contributed by atoms with Crippen molar-refractivity contribution in [2.45, 2.75) is 43.4 Å². The maximum atomic E-state index is 13.1. The number of nitrogens with zero attached hydrogens (tertiary/aromatic N) is 6. The number of nitrogens with two attached hydrogens (primary N) is 1. The Morgan fingerprint density at radius 2 is 2.03 bits per heavy atom. The van der Waals surface area contributed by atoms with Crippen LogP contribution in [0.4, 0.5) is 10.2 Å². The number of anilines is 1. The van der Waals surface area contributed by atoms with Crippen LogP contribution in [0.5, 0.6) is 0 Å². The fourth-order valence-corrected chi connectivity index (χ4v) is 4.32. The number of thioether (sulfide) groups is 1. The molecule has 190 valence electrons. The standard InChI is InChI=1S/C10H13N5O4.C8H10FN3O3S/c1-5-3-15(10(18)12-9(5)17)8-2-6(13-14-11)7(4-16)19-8;9-4-1-12(8(14)11-7(4)10)5-3-16-6(2-13)15-5/h3,6-8,16H,2,4H2,1H3,(H,12,17,18);1,5-6,13H,2-3H2,(H2,10,11,14)/t6-,7+,8+;5-,6+/m00/s1. The van der Waals surface area contributed by atoms with Gasteiger partial charge in [-0.1, -0.05) is 5.11 Å². The predicted octanol–water partition coefficient (Wildman–Crippen LogP) is -0.651. The number of azide groups is 1. The zero-order chi connectivity index (χ0) is 25.7. The summed E-state index contributed by atoms with van der Waals surface area (Å²) in [5, 5.41) is 21.5. The Hall–Kier alpha value is -3.21. The van der Waals surface area contributed by atoms with Gasteiger partial charge in [0.1, 0.15) is 17.9 Å². The Morgan fingerprint density at radius 1 is 1.29 bits per heavy atom. The highest BCUT2D eigenvalue weighted by molar-refractivity contribution is 8.00. The first-order valence-electron chi connectivity index (χ1n) is 10.2. The molecular formula is C18H23FN8O7S. The van der Waals surface area contributed by atoms with Crippen molar-refractivity contribution < 1.29 is 24.1 Å². The predicted molar refractivity (Wildman–Crippen MR) is 121 cm³/mol. The zero-order valence-corrected chi connectivity index (χ0v) is 19.2. The molecule has 0 bridgehead atoms. The van der Waals surface area contributed by atoms with Crippen LogP contribution in [0.1, 0.15) is 24.4 Å². The molecule has 4 heterocycles. The van der Waals surface area contributed by atoms with Crippen LogP contribution in [0.2, 0.25) is 0 Å². The van der Waals surface area contributed by atoms with E-state index in [1.54, 1.807) is 6.92 Å². The van der Waals surface area contributed by atoms with Crippen LogP contribution in [0.25, 0.3) is 10.4 Å². The molecule has 0 aliphatic carbocycles. The number of hydrogen-bond acceptors (Lipinski definition) is 11. The van der Waals surface area contributed by atoms with E-state index in [0.29, 0.717) is 11.3 Å². The lowest BCUT2D eigenvalue weighted by Gasteiger charge is -2.14. The number of aryl methyl sites for hydroxylation is 1. The van der Waals surface area contributed by atoms with E-state index in [9.17, 15) is 18.8 Å². The fraction of sp³-hybridized carbons (Fsp3) is 0.556. The van der Waals surface area contributed by atoms with E-state index in [0.717, 1.165) is 10.8 Å². The van der Waals surface area contributed by atoms with Crippen molar-refractivity contribution in [3.05, 3.63) is 65.5 Å². The molecule has 35 heavy (non-hydrogen) atoms. The average molecular weight is 514 g/mol. The first kappa shape index (κ1) is 26.4. The molecule has 2 aromatic heterocycles. The van der Waals surface area contributed by atoms with Crippen molar-refractivity contribution in [1.29, 1.82) is 0 Å². The molecule has 0 saturated carbocycles. The van der Waals surface area contributed by atoms with Crippen LogP contribution in [0.15, 0.2) is 31.9 Å². The SMILES string of the molecule is Cc1cn([C@H]2C[C@H](N=[N+]=[N-])[C@@H](CO)O2)c(=O)[nH]c1=O.Nc1nc(=O)n([C@@H]2CS[C@H](CO)O2)cc1F. The van der Waals surface area contributed by atoms with E-state index >= 15 is 0 Å². The van der Waals surface area contributed by atoms with Crippen molar-refractivity contribution >= 4 is 17.6 Å². The third-order valence-electron chi connectivity index (χ3n) is 5.17. The van der Waals surface area contributed by atoms with Gasteiger partial charge in [-0.25, -0.2) is 14.0 Å². The van der Waals surface area contributed by atoms with Gasteiger partial charge in [0.25, 0.3) is 5.56 Å². The third-order valence-corrected chi connectivity index (χ3v) is 6.28. The molecule has 0 aromatic carbocycles. The van der Waals surface area contributed by atoms with Crippen molar-refractivity contribution in [2.75, 3.05) is 24.7 Å². The fourth-order valence-electron chi connectivity index (χ4n) is 3.39. The minimum atomic E-state index is -0.763.